The third kappa shape index (κ3) is 3.43. The molecule has 86 valence electrons. The summed E-state index contributed by atoms with van der Waals surface area (Å²) in [6, 6.07) is 11.5. The first-order chi connectivity index (χ1) is 8.25. The number of hydrogen-bond acceptors (Lipinski definition) is 3. The van der Waals surface area contributed by atoms with Gasteiger partial charge >= 0.3 is 0 Å². The Morgan fingerprint density at radius 1 is 1.24 bits per heavy atom. The highest BCUT2D eigenvalue weighted by Gasteiger charge is 2.06. The Kier molecular flexibility index (Phi) is 3.94. The Bertz CT molecular complexity index is 511. The maximum atomic E-state index is 11.9. The molecule has 3 heteroatoms. The maximum absolute atomic E-state index is 11.9. The summed E-state index contributed by atoms with van der Waals surface area (Å²) >= 11 is 1.54. The van der Waals surface area contributed by atoms with Crippen LogP contribution in [0.15, 0.2) is 53.7 Å². The molecule has 2 rings (SSSR count). The highest BCUT2D eigenvalue weighted by molar-refractivity contribution is 8.00. The molecule has 1 aromatic carbocycles. The number of aryl methyl sites for hydroxylation is 1. The number of benzene rings is 1. The summed E-state index contributed by atoms with van der Waals surface area (Å²) < 4.78 is 0. The molecular weight excluding hydrogens is 230 g/mol. The summed E-state index contributed by atoms with van der Waals surface area (Å²) in [4.78, 5) is 16.9. The molecule has 0 bridgehead atoms. The monoisotopic (exact) mass is 243 g/mol. The molecule has 0 saturated carbocycles. The molecule has 0 amide bonds. The van der Waals surface area contributed by atoms with Crippen molar-refractivity contribution in [3.05, 3.63) is 59.9 Å². The predicted molar refractivity (Wildman–Crippen MR) is 70.5 cm³/mol. The van der Waals surface area contributed by atoms with Crippen LogP contribution in [0.2, 0.25) is 0 Å². The van der Waals surface area contributed by atoms with Gasteiger partial charge in [0.15, 0.2) is 5.78 Å². The van der Waals surface area contributed by atoms with E-state index < -0.39 is 0 Å². The lowest BCUT2D eigenvalue weighted by atomic mass is 10.1. The van der Waals surface area contributed by atoms with E-state index in [9.17, 15) is 4.79 Å². The zero-order chi connectivity index (χ0) is 12.1. The normalized spacial score (nSPS) is 10.2. The van der Waals surface area contributed by atoms with Crippen LogP contribution < -0.4 is 0 Å². The molecule has 0 unspecified atom stereocenters. The molecule has 0 aliphatic heterocycles. The Hall–Kier alpha value is -1.61. The number of rotatable bonds is 4. The lowest BCUT2D eigenvalue weighted by Gasteiger charge is -2.02. The number of aromatic nitrogens is 1. The molecule has 1 aromatic heterocycles. The zero-order valence-corrected chi connectivity index (χ0v) is 10.4. The molecular formula is C14H13NOS. The van der Waals surface area contributed by atoms with Crippen molar-refractivity contribution in [2.45, 2.75) is 11.8 Å². The minimum Gasteiger partial charge on any atom is -0.293 e. The summed E-state index contributed by atoms with van der Waals surface area (Å²) in [6.07, 6.45) is 3.47. The van der Waals surface area contributed by atoms with Crippen LogP contribution in [0.25, 0.3) is 0 Å². The molecule has 0 aliphatic carbocycles. The van der Waals surface area contributed by atoms with Crippen LogP contribution in [0.5, 0.6) is 0 Å². The van der Waals surface area contributed by atoms with Crippen LogP contribution in [0.4, 0.5) is 0 Å². The second-order valence-electron chi connectivity index (χ2n) is 3.76. The molecule has 17 heavy (non-hydrogen) atoms. The number of thioether (sulfide) groups is 1. The van der Waals surface area contributed by atoms with Crippen LogP contribution in [0.1, 0.15) is 15.9 Å². The zero-order valence-electron chi connectivity index (χ0n) is 9.59. The van der Waals surface area contributed by atoms with Crippen LogP contribution in [0, 0.1) is 6.92 Å². The van der Waals surface area contributed by atoms with Crippen LogP contribution in [0.3, 0.4) is 0 Å². The van der Waals surface area contributed by atoms with Crippen molar-refractivity contribution in [1.82, 2.24) is 4.98 Å². The fourth-order valence-electron chi connectivity index (χ4n) is 1.49. The van der Waals surface area contributed by atoms with E-state index in [0.29, 0.717) is 5.75 Å². The van der Waals surface area contributed by atoms with Gasteiger partial charge in [-0.15, -0.1) is 11.8 Å². The number of pyridine rings is 1. The van der Waals surface area contributed by atoms with Crippen molar-refractivity contribution in [3.63, 3.8) is 0 Å². The van der Waals surface area contributed by atoms with Gasteiger partial charge in [-0.2, -0.15) is 0 Å². The first-order valence-corrected chi connectivity index (χ1v) is 6.37. The molecule has 0 fully saturated rings. The van der Waals surface area contributed by atoms with Gasteiger partial charge in [0.25, 0.3) is 0 Å². The second-order valence-corrected chi connectivity index (χ2v) is 4.81. The third-order valence-corrected chi connectivity index (χ3v) is 3.37. The highest BCUT2D eigenvalue weighted by atomic mass is 32.2. The van der Waals surface area contributed by atoms with Gasteiger partial charge in [0, 0.05) is 22.9 Å². The largest absolute Gasteiger partial charge is 0.293 e. The van der Waals surface area contributed by atoms with Gasteiger partial charge < -0.3 is 0 Å². The minimum atomic E-state index is 0.163. The van der Waals surface area contributed by atoms with Crippen molar-refractivity contribution >= 4 is 17.5 Å². The molecule has 0 saturated heterocycles. The van der Waals surface area contributed by atoms with Crippen molar-refractivity contribution in [1.29, 1.82) is 0 Å². The number of carbonyl (C=O) groups is 1. The molecule has 2 aromatic rings. The van der Waals surface area contributed by atoms with Crippen LogP contribution in [-0.2, 0) is 0 Å². The fraction of sp³-hybridized carbons (Fsp3) is 0.143. The van der Waals surface area contributed by atoms with Gasteiger partial charge in [-0.3, -0.25) is 9.78 Å². The van der Waals surface area contributed by atoms with Crippen molar-refractivity contribution < 1.29 is 4.79 Å². The van der Waals surface area contributed by atoms with Crippen LogP contribution >= 0.6 is 11.8 Å². The first-order valence-electron chi connectivity index (χ1n) is 5.38. The number of nitrogens with zero attached hydrogens (tertiary/aromatic N) is 1. The molecule has 0 spiro atoms. The third-order valence-electron chi connectivity index (χ3n) is 2.36. The second kappa shape index (κ2) is 5.64. The Morgan fingerprint density at radius 2 is 2.00 bits per heavy atom. The highest BCUT2D eigenvalue weighted by Crippen LogP contribution is 2.18. The van der Waals surface area contributed by atoms with Crippen molar-refractivity contribution in [3.8, 4) is 0 Å². The van der Waals surface area contributed by atoms with E-state index in [0.717, 1.165) is 16.0 Å². The van der Waals surface area contributed by atoms with Gasteiger partial charge in [0.1, 0.15) is 0 Å². The van der Waals surface area contributed by atoms with E-state index in [2.05, 4.69) is 4.98 Å². The number of carbonyl (C=O) groups excluding carboxylic acids is 1. The van der Waals surface area contributed by atoms with E-state index in [4.69, 9.17) is 0 Å². The predicted octanol–water partition coefficient (Wildman–Crippen LogP) is 3.37. The number of ketones is 1. The molecule has 0 radical (unpaired) electrons. The first kappa shape index (κ1) is 11.9. The SMILES string of the molecule is Cc1cccc(C(=O)CSc2ccncc2)c1. The van der Waals surface area contributed by atoms with Gasteiger partial charge in [0.2, 0.25) is 0 Å². The van der Waals surface area contributed by atoms with Gasteiger partial charge in [0.05, 0.1) is 5.75 Å². The van der Waals surface area contributed by atoms with E-state index in [1.54, 1.807) is 12.4 Å². The Balaban J connectivity index is 1.98. The number of hydrogen-bond donors (Lipinski definition) is 0. The lowest BCUT2D eigenvalue weighted by molar-refractivity contribution is 0.102. The smallest absolute Gasteiger partial charge is 0.173 e. The summed E-state index contributed by atoms with van der Waals surface area (Å²) in [5, 5.41) is 0. The quantitative estimate of drug-likeness (QED) is 0.609. The summed E-state index contributed by atoms with van der Waals surface area (Å²) in [7, 11) is 0. The van der Waals surface area contributed by atoms with Gasteiger partial charge in [-0.1, -0.05) is 23.8 Å². The standard InChI is InChI=1S/C14H13NOS/c1-11-3-2-4-12(9-11)14(16)10-17-13-5-7-15-8-6-13/h2-9H,10H2,1H3. The summed E-state index contributed by atoms with van der Waals surface area (Å²) in [5.74, 6) is 0.628. The lowest BCUT2D eigenvalue weighted by Crippen LogP contribution is -2.02. The van der Waals surface area contributed by atoms with Gasteiger partial charge in [-0.25, -0.2) is 0 Å². The van der Waals surface area contributed by atoms with E-state index in [-0.39, 0.29) is 5.78 Å². The summed E-state index contributed by atoms with van der Waals surface area (Å²) in [5.41, 5.74) is 1.90. The van der Waals surface area contributed by atoms with E-state index in [1.807, 2.05) is 43.3 Å². The fourth-order valence-corrected chi connectivity index (χ4v) is 2.26. The molecule has 0 N–H and O–H groups in total. The molecule has 0 atom stereocenters. The van der Waals surface area contributed by atoms with Crippen LogP contribution in [-0.4, -0.2) is 16.5 Å². The summed E-state index contributed by atoms with van der Waals surface area (Å²) in [6.45, 7) is 1.99. The Morgan fingerprint density at radius 3 is 2.71 bits per heavy atom. The maximum Gasteiger partial charge on any atom is 0.173 e. The average molecular weight is 243 g/mol. The average Bonchev–Trinajstić information content (AvgIpc) is 2.37. The van der Waals surface area contributed by atoms with Crippen molar-refractivity contribution in [2.75, 3.05) is 5.75 Å². The van der Waals surface area contributed by atoms with Crippen molar-refractivity contribution in [2.24, 2.45) is 0 Å². The molecule has 0 aliphatic rings. The minimum absolute atomic E-state index is 0.163. The van der Waals surface area contributed by atoms with Gasteiger partial charge in [-0.05, 0) is 25.1 Å². The van der Waals surface area contributed by atoms with E-state index >= 15 is 0 Å². The molecule has 2 nitrogen and oxygen atoms in total. The molecule has 1 heterocycles. The number of Topliss-reactive ketones (excluding diaryl/α,β-unsaturated/α-hetero) is 1. The van der Waals surface area contributed by atoms with E-state index in [1.165, 1.54) is 11.8 Å². The topological polar surface area (TPSA) is 30.0 Å². The Labute approximate surface area is 105 Å².